The molecule has 3 rings (SSSR count). The molecule has 1 saturated heterocycles. The number of amides is 3. The van der Waals surface area contributed by atoms with Gasteiger partial charge >= 0.3 is 6.03 Å². The normalized spacial score (nSPS) is 13.9. The van der Waals surface area contributed by atoms with Crippen LogP contribution in [0.1, 0.15) is 43.1 Å². The molecule has 0 bridgehead atoms. The van der Waals surface area contributed by atoms with Gasteiger partial charge in [-0.15, -0.1) is 0 Å². The zero-order chi connectivity index (χ0) is 19.4. The lowest BCUT2D eigenvalue weighted by Crippen LogP contribution is -2.31. The number of aryl methyl sites for hydroxylation is 2. The van der Waals surface area contributed by atoms with Crippen LogP contribution in [-0.4, -0.2) is 40.6 Å². The average Bonchev–Trinajstić information content (AvgIpc) is 3.26. The predicted molar refractivity (Wildman–Crippen MR) is 106 cm³/mol. The molecule has 0 atom stereocenters. The smallest absolute Gasteiger partial charge is 0.321 e. The van der Waals surface area contributed by atoms with Crippen LogP contribution in [0.25, 0.3) is 0 Å². The molecule has 2 aromatic rings. The summed E-state index contributed by atoms with van der Waals surface area (Å²) >= 11 is 0. The zero-order valence-electron chi connectivity index (χ0n) is 16.2. The van der Waals surface area contributed by atoms with Crippen LogP contribution in [0.3, 0.4) is 0 Å². The highest BCUT2D eigenvalue weighted by molar-refractivity contribution is 5.97. The fraction of sp³-hybridized carbons (Fsp3) is 0.450. The van der Waals surface area contributed by atoms with E-state index in [4.69, 9.17) is 0 Å². The summed E-state index contributed by atoms with van der Waals surface area (Å²) in [7, 11) is 1.74. The van der Waals surface area contributed by atoms with E-state index in [0.29, 0.717) is 18.7 Å². The second-order valence-corrected chi connectivity index (χ2v) is 7.07. The zero-order valence-corrected chi connectivity index (χ0v) is 16.2. The summed E-state index contributed by atoms with van der Waals surface area (Å²) in [6, 6.07) is 7.46. The molecular formula is C20H27N5O2. The van der Waals surface area contributed by atoms with E-state index in [1.54, 1.807) is 16.8 Å². The van der Waals surface area contributed by atoms with Crippen LogP contribution in [0, 0.1) is 6.92 Å². The first-order valence-corrected chi connectivity index (χ1v) is 9.44. The Bertz CT molecular complexity index is 830. The van der Waals surface area contributed by atoms with E-state index in [1.165, 1.54) is 0 Å². The van der Waals surface area contributed by atoms with Crippen molar-refractivity contribution >= 4 is 23.3 Å². The molecule has 2 N–H and O–H groups in total. The Balaban J connectivity index is 1.65. The van der Waals surface area contributed by atoms with Crippen molar-refractivity contribution in [2.45, 2.75) is 46.1 Å². The van der Waals surface area contributed by atoms with Gasteiger partial charge in [-0.1, -0.05) is 19.4 Å². The summed E-state index contributed by atoms with van der Waals surface area (Å²) in [5.74, 6) is 0.140. The average molecular weight is 369 g/mol. The monoisotopic (exact) mass is 369 g/mol. The maximum atomic E-state index is 12.5. The number of aromatic nitrogens is 2. The molecule has 7 heteroatoms. The topological polar surface area (TPSA) is 81.3 Å². The molecule has 2 heterocycles. The number of carbonyl (C=O) groups excluding carboxylic acids is 2. The Morgan fingerprint density at radius 1 is 1.37 bits per heavy atom. The fourth-order valence-corrected chi connectivity index (χ4v) is 3.30. The number of benzene rings is 1. The largest absolute Gasteiger partial charge is 0.322 e. The first-order valence-electron chi connectivity index (χ1n) is 9.44. The second-order valence-electron chi connectivity index (χ2n) is 7.07. The van der Waals surface area contributed by atoms with Gasteiger partial charge in [0, 0.05) is 31.4 Å². The maximum Gasteiger partial charge on any atom is 0.321 e. The highest BCUT2D eigenvalue weighted by atomic mass is 16.2. The summed E-state index contributed by atoms with van der Waals surface area (Å²) in [6.07, 6.45) is 3.43. The third-order valence-electron chi connectivity index (χ3n) is 4.77. The molecule has 0 aliphatic carbocycles. The second kappa shape index (κ2) is 8.24. The highest BCUT2D eigenvalue weighted by Crippen LogP contribution is 2.28. The number of aromatic amines is 1. The van der Waals surface area contributed by atoms with Crippen molar-refractivity contribution in [2.24, 2.45) is 0 Å². The molecule has 0 saturated carbocycles. The number of carbonyl (C=O) groups is 2. The van der Waals surface area contributed by atoms with Crippen LogP contribution in [0.4, 0.5) is 16.2 Å². The van der Waals surface area contributed by atoms with Crippen molar-refractivity contribution in [3.8, 4) is 0 Å². The molecule has 0 spiro atoms. The minimum Gasteiger partial charge on any atom is -0.322 e. The number of anilines is 2. The minimum atomic E-state index is -0.204. The Labute approximate surface area is 159 Å². The van der Waals surface area contributed by atoms with Crippen molar-refractivity contribution in [2.75, 3.05) is 23.8 Å². The molecule has 0 unspecified atom stereocenters. The van der Waals surface area contributed by atoms with E-state index in [9.17, 15) is 9.59 Å². The van der Waals surface area contributed by atoms with Crippen molar-refractivity contribution < 1.29 is 9.59 Å². The van der Waals surface area contributed by atoms with Crippen molar-refractivity contribution in [1.82, 2.24) is 15.1 Å². The number of nitrogens with one attached hydrogen (secondary N) is 2. The first kappa shape index (κ1) is 18.9. The molecule has 7 nitrogen and oxygen atoms in total. The summed E-state index contributed by atoms with van der Waals surface area (Å²) in [6.45, 7) is 5.27. The van der Waals surface area contributed by atoms with Gasteiger partial charge in [-0.25, -0.2) is 4.79 Å². The third-order valence-corrected chi connectivity index (χ3v) is 4.77. The highest BCUT2D eigenvalue weighted by Gasteiger charge is 2.23. The molecule has 1 aliphatic rings. The van der Waals surface area contributed by atoms with Gasteiger partial charge in [0.05, 0.1) is 17.9 Å². The van der Waals surface area contributed by atoms with Crippen molar-refractivity contribution in [1.29, 1.82) is 0 Å². The van der Waals surface area contributed by atoms with E-state index < -0.39 is 0 Å². The van der Waals surface area contributed by atoms with E-state index in [-0.39, 0.29) is 11.9 Å². The van der Waals surface area contributed by atoms with Crippen molar-refractivity contribution in [3.05, 3.63) is 41.2 Å². The number of nitrogens with zero attached hydrogens (tertiary/aromatic N) is 3. The van der Waals surface area contributed by atoms with Crippen LogP contribution in [0.2, 0.25) is 0 Å². The van der Waals surface area contributed by atoms with E-state index in [2.05, 4.69) is 22.4 Å². The molecule has 27 heavy (non-hydrogen) atoms. The fourth-order valence-electron chi connectivity index (χ4n) is 3.30. The molecular weight excluding hydrogens is 342 g/mol. The lowest BCUT2D eigenvalue weighted by molar-refractivity contribution is -0.117. The van der Waals surface area contributed by atoms with Crippen LogP contribution in [0.5, 0.6) is 0 Å². The van der Waals surface area contributed by atoms with Crippen LogP contribution in [0.15, 0.2) is 24.3 Å². The Morgan fingerprint density at radius 2 is 2.19 bits per heavy atom. The maximum absolute atomic E-state index is 12.5. The van der Waals surface area contributed by atoms with Gasteiger partial charge in [-0.3, -0.25) is 9.89 Å². The van der Waals surface area contributed by atoms with Gasteiger partial charge in [-0.2, -0.15) is 5.10 Å². The summed E-state index contributed by atoms with van der Waals surface area (Å²) in [5, 5.41) is 10.2. The number of rotatable bonds is 6. The van der Waals surface area contributed by atoms with Gasteiger partial charge in [0.25, 0.3) is 0 Å². The number of H-pyrrole nitrogens is 1. The number of urea groups is 1. The lowest BCUT2D eigenvalue weighted by atomic mass is 10.1. The summed E-state index contributed by atoms with van der Waals surface area (Å²) in [4.78, 5) is 28.0. The number of hydrogen-bond acceptors (Lipinski definition) is 3. The molecule has 0 radical (unpaired) electrons. The van der Waals surface area contributed by atoms with Crippen LogP contribution in [-0.2, 0) is 17.8 Å². The van der Waals surface area contributed by atoms with E-state index in [1.807, 2.05) is 31.2 Å². The molecule has 144 valence electrons. The molecule has 1 fully saturated rings. The van der Waals surface area contributed by atoms with E-state index in [0.717, 1.165) is 48.4 Å². The van der Waals surface area contributed by atoms with Crippen LogP contribution < -0.4 is 10.2 Å². The third kappa shape index (κ3) is 4.48. The number of hydrogen-bond donors (Lipinski definition) is 2. The Kier molecular flexibility index (Phi) is 5.78. The molecule has 1 aromatic carbocycles. The summed E-state index contributed by atoms with van der Waals surface area (Å²) in [5.41, 5.74) is 4.50. The van der Waals surface area contributed by atoms with Gasteiger partial charge in [0.2, 0.25) is 5.91 Å². The van der Waals surface area contributed by atoms with Crippen molar-refractivity contribution in [3.63, 3.8) is 0 Å². The first-order chi connectivity index (χ1) is 13.0. The van der Waals surface area contributed by atoms with E-state index >= 15 is 0 Å². The lowest BCUT2D eigenvalue weighted by Gasteiger charge is -2.21. The SMILES string of the molecule is CCCc1cc(CN(C)C(=O)Nc2ccc(C)c(N3CCCC3=O)c2)[nH]n1. The molecule has 3 amide bonds. The minimum absolute atomic E-state index is 0.140. The Morgan fingerprint density at radius 3 is 2.89 bits per heavy atom. The Hall–Kier alpha value is -2.83. The quantitative estimate of drug-likeness (QED) is 0.818. The molecule has 1 aliphatic heterocycles. The molecule has 1 aromatic heterocycles. The van der Waals surface area contributed by atoms with Gasteiger partial charge < -0.3 is 15.1 Å². The standard InChI is InChI=1S/C20H27N5O2/c1-4-6-16-11-17(23-22-16)13-24(3)20(27)21-15-9-8-14(2)18(12-15)25-10-5-7-19(25)26/h8-9,11-12H,4-7,10,13H2,1-3H3,(H,21,27)(H,22,23). The van der Waals surface area contributed by atoms with Gasteiger partial charge in [0.1, 0.15) is 0 Å². The van der Waals surface area contributed by atoms with Crippen LogP contribution >= 0.6 is 0 Å². The van der Waals surface area contributed by atoms with Gasteiger partial charge in [-0.05, 0) is 43.5 Å². The summed E-state index contributed by atoms with van der Waals surface area (Å²) < 4.78 is 0. The van der Waals surface area contributed by atoms with Gasteiger partial charge in [0.15, 0.2) is 0 Å². The predicted octanol–water partition coefficient (Wildman–Crippen LogP) is 3.46.